The van der Waals surface area contributed by atoms with Crippen LogP contribution >= 0.6 is 0 Å². The first-order valence-corrected chi connectivity index (χ1v) is 6.69. The number of hydrogen-bond acceptors (Lipinski definition) is 4. The van der Waals surface area contributed by atoms with Crippen LogP contribution in [0.3, 0.4) is 0 Å². The van der Waals surface area contributed by atoms with E-state index < -0.39 is 11.6 Å². The molecule has 2 rings (SSSR count). The van der Waals surface area contributed by atoms with Gasteiger partial charge in [-0.1, -0.05) is 13.8 Å². The van der Waals surface area contributed by atoms with Gasteiger partial charge >= 0.3 is 0 Å². The van der Waals surface area contributed by atoms with Gasteiger partial charge in [-0.2, -0.15) is 0 Å². The molecule has 108 valence electrons. The average molecular weight is 270 g/mol. The minimum absolute atomic E-state index is 0.0541. The summed E-state index contributed by atoms with van der Waals surface area (Å²) in [5.41, 5.74) is -0.472. The lowest BCUT2D eigenvalue weighted by Gasteiger charge is -2.41. The molecule has 0 saturated carbocycles. The summed E-state index contributed by atoms with van der Waals surface area (Å²) in [6.45, 7) is 5.48. The Morgan fingerprint density at radius 3 is 2.79 bits per heavy atom. The fourth-order valence-corrected chi connectivity index (χ4v) is 2.76. The number of nitrogens with zero attached hydrogens (tertiary/aromatic N) is 1. The van der Waals surface area contributed by atoms with Crippen LogP contribution in [0.15, 0.2) is 0 Å². The second-order valence-corrected chi connectivity index (χ2v) is 5.62. The highest BCUT2D eigenvalue weighted by Gasteiger charge is 2.44. The van der Waals surface area contributed by atoms with Crippen molar-refractivity contribution < 1.29 is 19.1 Å². The molecule has 0 aromatic heterocycles. The molecule has 6 heteroatoms. The third-order valence-electron chi connectivity index (χ3n) is 3.93. The van der Waals surface area contributed by atoms with Crippen molar-refractivity contribution in [3.63, 3.8) is 0 Å². The van der Waals surface area contributed by atoms with Gasteiger partial charge in [0.05, 0.1) is 19.7 Å². The average Bonchev–Trinajstić information content (AvgIpc) is 2.83. The Morgan fingerprint density at radius 1 is 1.53 bits per heavy atom. The molecule has 2 aliphatic heterocycles. The van der Waals surface area contributed by atoms with E-state index in [9.17, 15) is 9.59 Å². The van der Waals surface area contributed by atoms with Crippen LogP contribution in [0.2, 0.25) is 0 Å². The lowest BCUT2D eigenvalue weighted by atomic mass is 9.95. The summed E-state index contributed by atoms with van der Waals surface area (Å²) in [6.07, 6.45) is 0.750. The van der Waals surface area contributed by atoms with Gasteiger partial charge in [0, 0.05) is 20.1 Å². The van der Waals surface area contributed by atoms with Gasteiger partial charge in [-0.15, -0.1) is 0 Å². The van der Waals surface area contributed by atoms with E-state index in [1.54, 1.807) is 12.0 Å². The van der Waals surface area contributed by atoms with Gasteiger partial charge in [-0.05, 0) is 5.92 Å². The highest BCUT2D eigenvalue weighted by atomic mass is 16.5. The Labute approximate surface area is 113 Å². The van der Waals surface area contributed by atoms with E-state index in [0.717, 1.165) is 6.42 Å². The molecular weight excluding hydrogens is 248 g/mol. The Bertz CT molecular complexity index is 364. The molecule has 0 aliphatic carbocycles. The zero-order chi connectivity index (χ0) is 14.0. The standard InChI is InChI=1S/C13H22N2O4/c1-9(2)11-12(17)14-6-10(16)15(11)7-13(18-3)4-5-19-8-13/h9,11H,4-8H2,1-3H3,(H,14,17). The van der Waals surface area contributed by atoms with E-state index in [-0.39, 0.29) is 24.3 Å². The smallest absolute Gasteiger partial charge is 0.243 e. The van der Waals surface area contributed by atoms with Gasteiger partial charge in [-0.25, -0.2) is 0 Å². The van der Waals surface area contributed by atoms with Crippen molar-refractivity contribution in [2.24, 2.45) is 5.92 Å². The van der Waals surface area contributed by atoms with E-state index >= 15 is 0 Å². The van der Waals surface area contributed by atoms with Gasteiger partial charge in [0.15, 0.2) is 0 Å². The summed E-state index contributed by atoms with van der Waals surface area (Å²) in [6, 6.07) is -0.422. The molecule has 0 spiro atoms. The van der Waals surface area contributed by atoms with Crippen molar-refractivity contribution in [3.05, 3.63) is 0 Å². The highest BCUT2D eigenvalue weighted by Crippen LogP contribution is 2.26. The topological polar surface area (TPSA) is 67.9 Å². The molecule has 2 aliphatic rings. The van der Waals surface area contributed by atoms with E-state index in [4.69, 9.17) is 9.47 Å². The van der Waals surface area contributed by atoms with Crippen LogP contribution < -0.4 is 5.32 Å². The van der Waals surface area contributed by atoms with Gasteiger partial charge < -0.3 is 19.7 Å². The molecule has 2 saturated heterocycles. The quantitative estimate of drug-likeness (QED) is 0.766. The van der Waals surface area contributed by atoms with Crippen LogP contribution in [0.5, 0.6) is 0 Å². The summed E-state index contributed by atoms with van der Waals surface area (Å²) < 4.78 is 10.9. The number of rotatable bonds is 4. The first kappa shape index (κ1) is 14.3. The first-order valence-electron chi connectivity index (χ1n) is 6.69. The third-order valence-corrected chi connectivity index (χ3v) is 3.93. The molecule has 2 atom stereocenters. The summed E-state index contributed by atoms with van der Waals surface area (Å²) in [5, 5.41) is 2.65. The van der Waals surface area contributed by atoms with Crippen molar-refractivity contribution >= 4 is 11.8 Å². The molecule has 0 aromatic carbocycles. The monoisotopic (exact) mass is 270 g/mol. The van der Waals surface area contributed by atoms with Crippen molar-refractivity contribution in [2.45, 2.75) is 31.9 Å². The zero-order valence-electron chi connectivity index (χ0n) is 11.8. The maximum absolute atomic E-state index is 12.1. The largest absolute Gasteiger partial charge is 0.378 e. The molecule has 2 unspecified atom stereocenters. The molecule has 6 nitrogen and oxygen atoms in total. The zero-order valence-corrected chi connectivity index (χ0v) is 11.8. The molecule has 0 aromatic rings. The number of methoxy groups -OCH3 is 1. The Balaban J connectivity index is 2.18. The fraction of sp³-hybridized carbons (Fsp3) is 0.846. The van der Waals surface area contributed by atoms with Crippen molar-refractivity contribution in [2.75, 3.05) is 33.4 Å². The van der Waals surface area contributed by atoms with Crippen LogP contribution in [-0.4, -0.2) is 61.8 Å². The molecule has 0 bridgehead atoms. The van der Waals surface area contributed by atoms with Gasteiger partial charge in [0.1, 0.15) is 11.6 Å². The summed E-state index contributed by atoms with van der Waals surface area (Å²) in [5.74, 6) is -0.0677. The minimum atomic E-state index is -0.472. The highest BCUT2D eigenvalue weighted by molar-refractivity contribution is 5.95. The van der Waals surface area contributed by atoms with Crippen molar-refractivity contribution in [3.8, 4) is 0 Å². The second kappa shape index (κ2) is 5.46. The van der Waals surface area contributed by atoms with E-state index in [0.29, 0.717) is 19.8 Å². The second-order valence-electron chi connectivity index (χ2n) is 5.62. The number of hydrogen-bond donors (Lipinski definition) is 1. The Kier molecular flexibility index (Phi) is 4.10. The summed E-state index contributed by atoms with van der Waals surface area (Å²) in [7, 11) is 1.63. The number of piperazine rings is 1. The number of carbonyl (C=O) groups is 2. The summed E-state index contributed by atoms with van der Waals surface area (Å²) in [4.78, 5) is 25.8. The predicted octanol–water partition coefficient (Wildman–Crippen LogP) is -0.225. The Hall–Kier alpha value is -1.14. The fourth-order valence-electron chi connectivity index (χ4n) is 2.76. The van der Waals surface area contributed by atoms with Crippen LogP contribution in [0.25, 0.3) is 0 Å². The van der Waals surface area contributed by atoms with Crippen molar-refractivity contribution in [1.29, 1.82) is 0 Å². The number of amides is 2. The molecule has 2 heterocycles. The predicted molar refractivity (Wildman–Crippen MR) is 68.5 cm³/mol. The summed E-state index contributed by atoms with van der Waals surface area (Å²) >= 11 is 0. The van der Waals surface area contributed by atoms with Gasteiger partial charge in [0.25, 0.3) is 0 Å². The third kappa shape index (κ3) is 2.74. The van der Waals surface area contributed by atoms with Gasteiger partial charge in [0.2, 0.25) is 11.8 Å². The molecule has 1 N–H and O–H groups in total. The van der Waals surface area contributed by atoms with Gasteiger partial charge in [-0.3, -0.25) is 9.59 Å². The van der Waals surface area contributed by atoms with Crippen molar-refractivity contribution in [1.82, 2.24) is 10.2 Å². The Morgan fingerprint density at radius 2 is 2.26 bits per heavy atom. The number of nitrogens with one attached hydrogen (secondary N) is 1. The first-order chi connectivity index (χ1) is 8.99. The van der Waals surface area contributed by atoms with Crippen LogP contribution in [0.1, 0.15) is 20.3 Å². The number of ether oxygens (including phenoxy) is 2. The maximum Gasteiger partial charge on any atom is 0.243 e. The SMILES string of the molecule is COC1(CN2C(=O)CNC(=O)C2C(C)C)CCOC1. The molecule has 0 radical (unpaired) electrons. The van der Waals surface area contributed by atoms with Crippen LogP contribution in [0, 0.1) is 5.92 Å². The maximum atomic E-state index is 12.1. The van der Waals surface area contributed by atoms with Crippen LogP contribution in [0.4, 0.5) is 0 Å². The van der Waals surface area contributed by atoms with E-state index in [2.05, 4.69) is 5.32 Å². The lowest BCUT2D eigenvalue weighted by molar-refractivity contribution is -0.152. The van der Waals surface area contributed by atoms with E-state index in [1.807, 2.05) is 13.8 Å². The van der Waals surface area contributed by atoms with E-state index in [1.165, 1.54) is 0 Å². The molecule has 2 amide bonds. The normalized spacial score (nSPS) is 32.0. The lowest BCUT2D eigenvalue weighted by Crippen LogP contribution is -2.63. The molecule has 2 fully saturated rings. The molecular formula is C13H22N2O4. The van der Waals surface area contributed by atoms with Crippen LogP contribution in [-0.2, 0) is 19.1 Å². The molecule has 19 heavy (non-hydrogen) atoms. The number of carbonyl (C=O) groups excluding carboxylic acids is 2. The minimum Gasteiger partial charge on any atom is -0.378 e.